The average Bonchev–Trinajstić information content (AvgIpc) is 3.77. The molecule has 0 amide bonds. The van der Waals surface area contributed by atoms with Gasteiger partial charge in [-0.1, -0.05) is 36.4 Å². The summed E-state index contributed by atoms with van der Waals surface area (Å²) in [6.45, 7) is 0. The van der Waals surface area contributed by atoms with Crippen molar-refractivity contribution >= 4 is 43.6 Å². The Morgan fingerprint density at radius 2 is 0.825 bits per heavy atom. The normalized spacial score (nSPS) is 11.6. The molecule has 0 bridgehead atoms. The van der Waals surface area contributed by atoms with E-state index in [4.69, 9.17) is 0 Å². The van der Waals surface area contributed by atoms with Crippen LogP contribution in [-0.2, 0) is 0 Å². The highest BCUT2D eigenvalue weighted by molar-refractivity contribution is 6.13. The van der Waals surface area contributed by atoms with E-state index in [9.17, 15) is 9.65 Å². The number of hydrogen-bond donors (Lipinski definition) is 0. The maximum absolute atomic E-state index is 16.4. The zero-order valence-corrected chi connectivity index (χ0v) is 29.2. The van der Waals surface area contributed by atoms with Crippen molar-refractivity contribution in [2.24, 2.45) is 0 Å². The summed E-state index contributed by atoms with van der Waals surface area (Å²) in [5.74, 6) is -9.62. The SMILES string of the molecule is N#Cc1cc(-n2c3ccccc3c3cc(-c4ncccn4)ccc32)c(-c2c(F)c(F)c(F)c(F)c2F)c(-n2c3ccccc3c3cc(-c4ncccn4)ccc32)c1. The van der Waals surface area contributed by atoms with Crippen molar-refractivity contribution in [2.75, 3.05) is 0 Å². The largest absolute Gasteiger partial charge is 0.308 e. The van der Waals surface area contributed by atoms with Gasteiger partial charge in [-0.3, -0.25) is 0 Å². The molecule has 12 heteroatoms. The maximum atomic E-state index is 16.4. The monoisotopic (exact) mass is 755 g/mol. The third kappa shape index (κ3) is 5.09. The highest BCUT2D eigenvalue weighted by Gasteiger charge is 2.32. The molecule has 4 heterocycles. The van der Waals surface area contributed by atoms with Crippen LogP contribution in [0.5, 0.6) is 0 Å². The molecule has 0 fully saturated rings. The van der Waals surface area contributed by atoms with E-state index < -0.39 is 34.6 Å². The van der Waals surface area contributed by atoms with Crippen molar-refractivity contribution in [3.8, 4) is 51.3 Å². The molecule has 0 aliphatic rings. The van der Waals surface area contributed by atoms with Crippen LogP contribution in [0.3, 0.4) is 0 Å². The molecule has 10 aromatic rings. The van der Waals surface area contributed by atoms with Crippen LogP contribution in [-0.4, -0.2) is 29.1 Å². The highest BCUT2D eigenvalue weighted by Crippen LogP contribution is 2.45. The van der Waals surface area contributed by atoms with Gasteiger partial charge in [0.05, 0.1) is 50.6 Å². The van der Waals surface area contributed by atoms with E-state index in [1.165, 1.54) is 12.1 Å². The molecule has 4 aromatic heterocycles. The molecule has 0 aliphatic carbocycles. The van der Waals surface area contributed by atoms with E-state index >= 15 is 17.6 Å². The smallest absolute Gasteiger partial charge is 0.200 e. The number of rotatable bonds is 5. The molecule has 0 atom stereocenters. The second-order valence-corrected chi connectivity index (χ2v) is 13.3. The summed E-state index contributed by atoms with van der Waals surface area (Å²) in [6, 6.07) is 33.7. The van der Waals surface area contributed by atoms with E-state index in [1.54, 1.807) is 94.6 Å². The van der Waals surface area contributed by atoms with Crippen LogP contribution in [0.15, 0.2) is 134 Å². The Bertz CT molecular complexity index is 3110. The van der Waals surface area contributed by atoms with Gasteiger partial charge in [0.15, 0.2) is 34.9 Å². The van der Waals surface area contributed by atoms with Crippen molar-refractivity contribution in [3.63, 3.8) is 0 Å². The van der Waals surface area contributed by atoms with Gasteiger partial charge >= 0.3 is 0 Å². The first-order valence-electron chi connectivity index (χ1n) is 17.6. The van der Waals surface area contributed by atoms with E-state index in [-0.39, 0.29) is 22.5 Å². The minimum absolute atomic E-state index is 0.00223. The van der Waals surface area contributed by atoms with Crippen LogP contribution in [0.1, 0.15) is 5.56 Å². The van der Waals surface area contributed by atoms with Crippen LogP contribution in [0, 0.1) is 40.4 Å². The summed E-state index contributed by atoms with van der Waals surface area (Å²) < 4.78 is 81.7. The van der Waals surface area contributed by atoms with E-state index in [0.29, 0.717) is 66.4 Å². The van der Waals surface area contributed by atoms with Crippen LogP contribution in [0.25, 0.3) is 88.9 Å². The quantitative estimate of drug-likeness (QED) is 0.0992. The fourth-order valence-electron chi connectivity index (χ4n) is 7.75. The molecule has 0 saturated carbocycles. The number of fused-ring (bicyclic) bond motifs is 6. The van der Waals surface area contributed by atoms with Gasteiger partial charge in [-0.15, -0.1) is 0 Å². The number of para-hydroxylation sites is 2. The average molecular weight is 756 g/mol. The number of nitriles is 1. The molecule has 0 aliphatic heterocycles. The Morgan fingerprint density at radius 1 is 0.421 bits per heavy atom. The third-order valence-corrected chi connectivity index (χ3v) is 10.2. The minimum atomic E-state index is -2.29. The molecule has 0 N–H and O–H groups in total. The standard InChI is InChI=1S/C45H22F5N7/c46-39-38(40(47)42(49)43(50)41(39)48)37-35(56-31-9-3-1-7-27(31)29-21-25(11-13-33(29)56)44-52-15-5-16-53-44)19-24(23-51)20-36(37)57-32-10-4-2-8-28(32)30-22-26(12-14-34(30)57)45-54-17-6-18-55-45/h1-22H. The lowest BCUT2D eigenvalue weighted by Crippen LogP contribution is -2.10. The molecule has 7 nitrogen and oxygen atoms in total. The fourth-order valence-corrected chi connectivity index (χ4v) is 7.75. The second-order valence-electron chi connectivity index (χ2n) is 13.3. The molecule has 272 valence electrons. The molecule has 57 heavy (non-hydrogen) atoms. The molecule has 0 spiro atoms. The number of aromatic nitrogens is 6. The molecular weight excluding hydrogens is 734 g/mol. The van der Waals surface area contributed by atoms with Crippen LogP contribution >= 0.6 is 0 Å². The van der Waals surface area contributed by atoms with Gasteiger partial charge < -0.3 is 9.13 Å². The molecule has 6 aromatic carbocycles. The molecular formula is C45H22F5N7. The number of halogens is 5. The summed E-state index contributed by atoms with van der Waals surface area (Å²) in [6.07, 6.45) is 6.47. The summed E-state index contributed by atoms with van der Waals surface area (Å²) in [4.78, 5) is 17.5. The first kappa shape index (κ1) is 33.8. The Kier molecular flexibility index (Phi) is 7.65. The highest BCUT2D eigenvalue weighted by atomic mass is 19.2. The summed E-state index contributed by atoms with van der Waals surface area (Å²) >= 11 is 0. The van der Waals surface area contributed by atoms with Crippen molar-refractivity contribution in [3.05, 3.63) is 169 Å². The second kappa shape index (κ2) is 12.9. The predicted molar refractivity (Wildman–Crippen MR) is 207 cm³/mol. The van der Waals surface area contributed by atoms with Crippen molar-refractivity contribution in [1.29, 1.82) is 5.26 Å². The number of hydrogen-bond acceptors (Lipinski definition) is 5. The first-order chi connectivity index (χ1) is 27.8. The molecule has 0 unspecified atom stereocenters. The molecule has 0 radical (unpaired) electrons. The van der Waals surface area contributed by atoms with Crippen molar-refractivity contribution < 1.29 is 22.0 Å². The predicted octanol–water partition coefficient (Wildman–Crippen LogP) is 11.0. The van der Waals surface area contributed by atoms with Gasteiger partial charge in [-0.2, -0.15) is 5.26 Å². The summed E-state index contributed by atoms with van der Waals surface area (Å²) in [5, 5.41) is 13.3. The minimum Gasteiger partial charge on any atom is -0.308 e. The lowest BCUT2D eigenvalue weighted by atomic mass is 9.96. The number of benzene rings is 6. The van der Waals surface area contributed by atoms with Crippen molar-refractivity contribution in [2.45, 2.75) is 0 Å². The van der Waals surface area contributed by atoms with Gasteiger partial charge in [0, 0.05) is 63.0 Å². The first-order valence-corrected chi connectivity index (χ1v) is 17.6. The fraction of sp³-hybridized carbons (Fsp3) is 0. The Morgan fingerprint density at radius 3 is 1.26 bits per heavy atom. The maximum Gasteiger partial charge on any atom is 0.200 e. The van der Waals surface area contributed by atoms with E-state index in [2.05, 4.69) is 26.0 Å². The summed E-state index contributed by atoms with van der Waals surface area (Å²) in [7, 11) is 0. The van der Waals surface area contributed by atoms with Gasteiger partial charge in [0.25, 0.3) is 0 Å². The Labute approximate surface area is 319 Å². The molecule has 10 rings (SSSR count). The van der Waals surface area contributed by atoms with E-state index in [0.717, 1.165) is 0 Å². The van der Waals surface area contributed by atoms with Gasteiger partial charge in [0.1, 0.15) is 0 Å². The van der Waals surface area contributed by atoms with Crippen LogP contribution < -0.4 is 0 Å². The van der Waals surface area contributed by atoms with E-state index in [1.807, 2.05) is 36.4 Å². The van der Waals surface area contributed by atoms with Gasteiger partial charge in [0.2, 0.25) is 5.82 Å². The zero-order valence-electron chi connectivity index (χ0n) is 29.2. The Balaban J connectivity index is 1.38. The topological polar surface area (TPSA) is 85.2 Å². The Hall–Kier alpha value is -7.78. The lowest BCUT2D eigenvalue weighted by molar-refractivity contribution is 0.381. The zero-order chi connectivity index (χ0) is 38.9. The lowest BCUT2D eigenvalue weighted by Gasteiger charge is -2.22. The third-order valence-electron chi connectivity index (χ3n) is 10.2. The molecule has 0 saturated heterocycles. The summed E-state index contributed by atoms with van der Waals surface area (Å²) in [5.41, 5.74) is 2.08. The van der Waals surface area contributed by atoms with Crippen molar-refractivity contribution in [1.82, 2.24) is 29.1 Å². The van der Waals surface area contributed by atoms with Crippen LogP contribution in [0.2, 0.25) is 0 Å². The van der Waals surface area contributed by atoms with Gasteiger partial charge in [-0.25, -0.2) is 41.9 Å². The van der Waals surface area contributed by atoms with Crippen LogP contribution in [0.4, 0.5) is 22.0 Å². The number of nitrogens with zero attached hydrogens (tertiary/aromatic N) is 7. The van der Waals surface area contributed by atoms with Gasteiger partial charge in [-0.05, 0) is 72.8 Å².